The number of Topliss-reactive ketones (excluding diaryl/α,β-unsaturated/α-hetero) is 1. The summed E-state index contributed by atoms with van der Waals surface area (Å²) in [6.45, 7) is 5.97. The predicted octanol–water partition coefficient (Wildman–Crippen LogP) is 1.75. The number of rotatable bonds is 0. The molecule has 2 saturated carbocycles. The van der Waals surface area contributed by atoms with Crippen LogP contribution in [0.5, 0.6) is 0 Å². The molecule has 0 aromatic heterocycles. The molecular formula is C12H18O3. The van der Waals surface area contributed by atoms with E-state index in [9.17, 15) is 4.79 Å². The Morgan fingerprint density at radius 2 is 1.93 bits per heavy atom. The highest BCUT2D eigenvalue weighted by atomic mass is 16.8. The van der Waals surface area contributed by atoms with Crippen molar-refractivity contribution in [1.29, 1.82) is 0 Å². The number of fused-ring (bicyclic) bond motifs is 5. The quantitative estimate of drug-likeness (QED) is 0.611. The molecule has 1 saturated heterocycles. The largest absolute Gasteiger partial charge is 0.344 e. The minimum absolute atomic E-state index is 0.159. The Hall–Kier alpha value is -0.410. The van der Waals surface area contributed by atoms with Crippen LogP contribution in [0.3, 0.4) is 0 Å². The van der Waals surface area contributed by atoms with Crippen LogP contribution in [-0.2, 0) is 14.3 Å². The van der Waals surface area contributed by atoms with Gasteiger partial charge in [-0.3, -0.25) is 4.79 Å². The maximum absolute atomic E-state index is 11.7. The Kier molecular flexibility index (Phi) is 1.85. The van der Waals surface area contributed by atoms with E-state index < -0.39 is 5.79 Å². The molecular weight excluding hydrogens is 192 g/mol. The maximum Gasteiger partial charge on any atom is 0.163 e. The molecule has 3 aliphatic rings. The summed E-state index contributed by atoms with van der Waals surface area (Å²) in [7, 11) is 0. The van der Waals surface area contributed by atoms with Gasteiger partial charge < -0.3 is 9.47 Å². The van der Waals surface area contributed by atoms with Gasteiger partial charge in [-0.2, -0.15) is 0 Å². The Balaban J connectivity index is 1.90. The molecule has 84 valence electrons. The number of hydrogen-bond acceptors (Lipinski definition) is 3. The molecule has 3 heteroatoms. The van der Waals surface area contributed by atoms with Gasteiger partial charge in [-0.15, -0.1) is 0 Å². The smallest absolute Gasteiger partial charge is 0.163 e. The molecule has 0 amide bonds. The molecule has 3 fully saturated rings. The Morgan fingerprint density at radius 1 is 1.27 bits per heavy atom. The van der Waals surface area contributed by atoms with Crippen LogP contribution < -0.4 is 0 Å². The zero-order chi connectivity index (χ0) is 10.8. The van der Waals surface area contributed by atoms with Crippen LogP contribution in [0.25, 0.3) is 0 Å². The van der Waals surface area contributed by atoms with E-state index in [0.717, 1.165) is 6.42 Å². The average molecular weight is 210 g/mol. The summed E-state index contributed by atoms with van der Waals surface area (Å²) in [5, 5.41) is 0. The molecule has 0 radical (unpaired) electrons. The molecule has 5 atom stereocenters. The van der Waals surface area contributed by atoms with Crippen LogP contribution in [0.4, 0.5) is 0 Å². The second kappa shape index (κ2) is 2.83. The molecule has 15 heavy (non-hydrogen) atoms. The van der Waals surface area contributed by atoms with Crippen molar-refractivity contribution in [2.75, 3.05) is 0 Å². The highest BCUT2D eigenvalue weighted by Gasteiger charge is 2.58. The van der Waals surface area contributed by atoms with Crippen molar-refractivity contribution in [2.24, 2.45) is 17.8 Å². The van der Waals surface area contributed by atoms with E-state index in [4.69, 9.17) is 9.47 Å². The van der Waals surface area contributed by atoms with Crippen molar-refractivity contribution >= 4 is 5.78 Å². The average Bonchev–Trinajstić information content (AvgIpc) is 2.57. The Morgan fingerprint density at radius 3 is 2.67 bits per heavy atom. The SMILES string of the molecule is C[C@@H]1C(=O)C[C@@H]2C[C@H]1[C@H]1OC(C)(C)O[C@@H]21. The van der Waals surface area contributed by atoms with E-state index in [-0.39, 0.29) is 18.1 Å². The molecule has 1 aliphatic heterocycles. The molecule has 0 spiro atoms. The standard InChI is InChI=1S/C12H18O3/c1-6-8-4-7(5-9(6)13)10-11(8)15-12(2,3)14-10/h6-8,10-11H,4-5H2,1-3H3/t6-,7-,8+,10-,11+/m0/s1. The van der Waals surface area contributed by atoms with Crippen molar-refractivity contribution in [2.45, 2.75) is 51.6 Å². The van der Waals surface area contributed by atoms with E-state index >= 15 is 0 Å². The Labute approximate surface area is 90.1 Å². The number of hydrogen-bond donors (Lipinski definition) is 0. The van der Waals surface area contributed by atoms with Crippen molar-refractivity contribution in [1.82, 2.24) is 0 Å². The second-order valence-electron chi connectivity index (χ2n) is 5.68. The molecule has 2 aliphatic carbocycles. The first-order valence-electron chi connectivity index (χ1n) is 5.86. The normalized spacial score (nSPS) is 51.9. The lowest BCUT2D eigenvalue weighted by Crippen LogP contribution is -2.33. The van der Waals surface area contributed by atoms with Gasteiger partial charge in [0.05, 0.1) is 12.2 Å². The topological polar surface area (TPSA) is 35.5 Å². The van der Waals surface area contributed by atoms with E-state index in [1.54, 1.807) is 0 Å². The number of ether oxygens (including phenoxy) is 2. The zero-order valence-electron chi connectivity index (χ0n) is 9.53. The van der Waals surface area contributed by atoms with Crippen LogP contribution in [0.15, 0.2) is 0 Å². The van der Waals surface area contributed by atoms with E-state index in [1.165, 1.54) is 0 Å². The first-order chi connectivity index (χ1) is 6.98. The zero-order valence-corrected chi connectivity index (χ0v) is 9.53. The van der Waals surface area contributed by atoms with Gasteiger partial charge in [0.25, 0.3) is 0 Å². The van der Waals surface area contributed by atoms with Crippen molar-refractivity contribution in [3.05, 3.63) is 0 Å². The molecule has 3 rings (SSSR count). The lowest BCUT2D eigenvalue weighted by molar-refractivity contribution is -0.169. The van der Waals surface area contributed by atoms with Gasteiger partial charge in [-0.05, 0) is 32.1 Å². The van der Waals surface area contributed by atoms with Gasteiger partial charge in [-0.1, -0.05) is 6.92 Å². The van der Waals surface area contributed by atoms with E-state index in [0.29, 0.717) is 24.0 Å². The minimum Gasteiger partial charge on any atom is -0.344 e. The maximum atomic E-state index is 11.7. The molecule has 2 bridgehead atoms. The third-order valence-corrected chi connectivity index (χ3v) is 4.24. The van der Waals surface area contributed by atoms with Gasteiger partial charge in [0.15, 0.2) is 5.79 Å². The summed E-state index contributed by atoms with van der Waals surface area (Å²) in [6.07, 6.45) is 2.13. The number of ketones is 1. The van der Waals surface area contributed by atoms with Gasteiger partial charge in [0, 0.05) is 12.3 Å². The fourth-order valence-electron chi connectivity index (χ4n) is 3.50. The fraction of sp³-hybridized carbons (Fsp3) is 0.917. The lowest BCUT2D eigenvalue weighted by atomic mass is 9.79. The monoisotopic (exact) mass is 210 g/mol. The minimum atomic E-state index is -0.452. The van der Waals surface area contributed by atoms with Crippen molar-refractivity contribution in [3.63, 3.8) is 0 Å². The van der Waals surface area contributed by atoms with E-state index in [2.05, 4.69) is 0 Å². The summed E-state index contributed by atoms with van der Waals surface area (Å²) in [4.78, 5) is 11.7. The molecule has 0 N–H and O–H groups in total. The van der Waals surface area contributed by atoms with Crippen LogP contribution in [-0.4, -0.2) is 23.8 Å². The van der Waals surface area contributed by atoms with Crippen LogP contribution in [0.2, 0.25) is 0 Å². The molecule has 0 unspecified atom stereocenters. The van der Waals surface area contributed by atoms with Crippen molar-refractivity contribution < 1.29 is 14.3 Å². The fourth-order valence-corrected chi connectivity index (χ4v) is 3.50. The third kappa shape index (κ3) is 1.29. The lowest BCUT2D eigenvalue weighted by Gasteiger charge is -2.29. The first-order valence-corrected chi connectivity index (χ1v) is 5.86. The molecule has 0 aromatic carbocycles. The highest BCUT2D eigenvalue weighted by Crippen LogP contribution is 2.51. The molecule has 0 aromatic rings. The van der Waals surface area contributed by atoms with Crippen LogP contribution in [0, 0.1) is 17.8 Å². The van der Waals surface area contributed by atoms with E-state index in [1.807, 2.05) is 20.8 Å². The summed E-state index contributed by atoms with van der Waals surface area (Å²) < 4.78 is 11.8. The number of carbonyl (C=O) groups excluding carboxylic acids is 1. The molecule has 3 nitrogen and oxygen atoms in total. The summed E-state index contributed by atoms with van der Waals surface area (Å²) >= 11 is 0. The predicted molar refractivity (Wildman–Crippen MR) is 54.2 cm³/mol. The Bertz CT molecular complexity index is 310. The summed E-state index contributed by atoms with van der Waals surface area (Å²) in [5.74, 6) is 0.907. The highest BCUT2D eigenvalue weighted by molar-refractivity contribution is 5.82. The first kappa shape index (κ1) is 9.79. The third-order valence-electron chi connectivity index (χ3n) is 4.24. The van der Waals surface area contributed by atoms with Gasteiger partial charge >= 0.3 is 0 Å². The van der Waals surface area contributed by atoms with Gasteiger partial charge in [0.1, 0.15) is 5.78 Å². The van der Waals surface area contributed by atoms with Crippen LogP contribution >= 0.6 is 0 Å². The van der Waals surface area contributed by atoms with Crippen molar-refractivity contribution in [3.8, 4) is 0 Å². The molecule has 1 heterocycles. The second-order valence-corrected chi connectivity index (χ2v) is 5.68. The van der Waals surface area contributed by atoms with Crippen LogP contribution in [0.1, 0.15) is 33.6 Å². The summed E-state index contributed by atoms with van der Waals surface area (Å²) in [5.41, 5.74) is 0. The van der Waals surface area contributed by atoms with Gasteiger partial charge in [0.2, 0.25) is 0 Å². The van der Waals surface area contributed by atoms with Gasteiger partial charge in [-0.25, -0.2) is 0 Å². The summed E-state index contributed by atoms with van der Waals surface area (Å²) in [6, 6.07) is 0. The number of carbonyl (C=O) groups is 1.